The number of carbonyl (C=O) groups is 1. The van der Waals surface area contributed by atoms with Crippen molar-refractivity contribution in [2.24, 2.45) is 5.92 Å². The zero-order valence-electron chi connectivity index (χ0n) is 17.3. The number of aryl methyl sites for hydroxylation is 2. The Bertz CT molecular complexity index is 667. The Balaban J connectivity index is 1.47. The van der Waals surface area contributed by atoms with Crippen LogP contribution in [0.5, 0.6) is 0 Å². The van der Waals surface area contributed by atoms with Crippen LogP contribution in [0, 0.1) is 19.8 Å². The van der Waals surface area contributed by atoms with Crippen LogP contribution in [0.25, 0.3) is 6.08 Å². The molecular formula is C23H34N2O2. The maximum absolute atomic E-state index is 12.5. The number of hydrogen-bond acceptors (Lipinski definition) is 3. The van der Waals surface area contributed by atoms with E-state index in [9.17, 15) is 4.79 Å². The fourth-order valence-corrected chi connectivity index (χ4v) is 4.41. The summed E-state index contributed by atoms with van der Waals surface area (Å²) < 4.78 is 5.83. The average Bonchev–Trinajstić information content (AvgIpc) is 2.60. The van der Waals surface area contributed by atoms with Crippen LogP contribution in [0.15, 0.2) is 24.3 Å². The number of ether oxygens (including phenoxy) is 1. The standard InChI is InChI=1S/C23H34N2O2/c1-17-5-6-22(18(2)13-17)7-8-23(26)25-11-9-21(10-12-25)16-24-14-19(3)27-20(4)15-24/h5-8,13,19-21H,9-12,14-16H2,1-4H3/b8-7+. The number of morpholine rings is 1. The van der Waals surface area contributed by atoms with E-state index in [1.165, 1.54) is 11.1 Å². The first-order valence-electron chi connectivity index (χ1n) is 10.3. The molecule has 0 aliphatic carbocycles. The van der Waals surface area contributed by atoms with Gasteiger partial charge in [-0.3, -0.25) is 9.69 Å². The molecule has 1 aromatic rings. The van der Waals surface area contributed by atoms with Crippen LogP contribution in [-0.2, 0) is 9.53 Å². The van der Waals surface area contributed by atoms with Crippen molar-refractivity contribution < 1.29 is 9.53 Å². The quantitative estimate of drug-likeness (QED) is 0.758. The highest BCUT2D eigenvalue weighted by atomic mass is 16.5. The second-order valence-corrected chi connectivity index (χ2v) is 8.44. The minimum absolute atomic E-state index is 0.141. The van der Waals surface area contributed by atoms with E-state index in [1.807, 2.05) is 11.0 Å². The summed E-state index contributed by atoms with van der Waals surface area (Å²) in [6.07, 6.45) is 6.55. The van der Waals surface area contributed by atoms with Gasteiger partial charge in [0.1, 0.15) is 0 Å². The van der Waals surface area contributed by atoms with E-state index in [2.05, 4.69) is 50.8 Å². The van der Waals surface area contributed by atoms with Gasteiger partial charge in [-0.1, -0.05) is 23.8 Å². The summed E-state index contributed by atoms with van der Waals surface area (Å²) in [5.74, 6) is 0.830. The van der Waals surface area contributed by atoms with Gasteiger partial charge in [0.2, 0.25) is 5.91 Å². The summed E-state index contributed by atoms with van der Waals surface area (Å²) in [7, 11) is 0. The fourth-order valence-electron chi connectivity index (χ4n) is 4.41. The van der Waals surface area contributed by atoms with Crippen molar-refractivity contribution in [3.05, 3.63) is 41.0 Å². The van der Waals surface area contributed by atoms with Gasteiger partial charge in [-0.2, -0.15) is 0 Å². The Hall–Kier alpha value is -1.65. The van der Waals surface area contributed by atoms with Crippen LogP contribution in [0.3, 0.4) is 0 Å². The minimum atomic E-state index is 0.141. The van der Waals surface area contributed by atoms with Gasteiger partial charge < -0.3 is 9.64 Å². The molecule has 4 heteroatoms. The summed E-state index contributed by atoms with van der Waals surface area (Å²) in [6, 6.07) is 6.34. The lowest BCUT2D eigenvalue weighted by Crippen LogP contribution is -2.48. The van der Waals surface area contributed by atoms with Crippen molar-refractivity contribution in [3.8, 4) is 0 Å². The fraction of sp³-hybridized carbons (Fsp3) is 0.609. The molecule has 2 atom stereocenters. The molecule has 0 saturated carbocycles. The Morgan fingerprint density at radius 1 is 1.15 bits per heavy atom. The van der Waals surface area contributed by atoms with Gasteiger partial charge >= 0.3 is 0 Å². The highest BCUT2D eigenvalue weighted by molar-refractivity contribution is 5.92. The normalized spacial score (nSPS) is 25.3. The molecule has 0 spiro atoms. The number of benzene rings is 1. The molecule has 2 unspecified atom stereocenters. The van der Waals surface area contributed by atoms with Crippen molar-refractivity contribution in [1.29, 1.82) is 0 Å². The van der Waals surface area contributed by atoms with Gasteiger partial charge in [-0.25, -0.2) is 0 Å². The number of nitrogens with zero attached hydrogens (tertiary/aromatic N) is 2. The number of amides is 1. The molecule has 1 amide bonds. The number of likely N-dealkylation sites (tertiary alicyclic amines) is 1. The van der Waals surface area contributed by atoms with Crippen LogP contribution < -0.4 is 0 Å². The molecule has 2 aliphatic rings. The predicted molar refractivity (Wildman–Crippen MR) is 111 cm³/mol. The van der Waals surface area contributed by atoms with Crippen molar-refractivity contribution in [3.63, 3.8) is 0 Å². The van der Waals surface area contributed by atoms with E-state index >= 15 is 0 Å². The molecule has 4 nitrogen and oxygen atoms in total. The van der Waals surface area contributed by atoms with E-state index in [-0.39, 0.29) is 5.91 Å². The molecule has 2 heterocycles. The van der Waals surface area contributed by atoms with Crippen LogP contribution in [0.4, 0.5) is 0 Å². The topological polar surface area (TPSA) is 32.8 Å². The molecule has 0 aromatic heterocycles. The molecule has 0 radical (unpaired) electrons. The number of hydrogen-bond donors (Lipinski definition) is 0. The Morgan fingerprint density at radius 3 is 2.44 bits per heavy atom. The first-order chi connectivity index (χ1) is 12.9. The molecule has 0 N–H and O–H groups in total. The van der Waals surface area contributed by atoms with Gasteiger partial charge in [0.05, 0.1) is 12.2 Å². The molecule has 1 aromatic carbocycles. The number of carbonyl (C=O) groups excluding carboxylic acids is 1. The van der Waals surface area contributed by atoms with Gasteiger partial charge in [0.15, 0.2) is 0 Å². The molecule has 27 heavy (non-hydrogen) atoms. The number of rotatable bonds is 4. The second kappa shape index (κ2) is 9.03. The zero-order chi connectivity index (χ0) is 19.4. The summed E-state index contributed by atoms with van der Waals surface area (Å²) in [6.45, 7) is 13.4. The third-order valence-corrected chi connectivity index (χ3v) is 5.77. The van der Waals surface area contributed by atoms with Crippen LogP contribution >= 0.6 is 0 Å². The second-order valence-electron chi connectivity index (χ2n) is 8.44. The van der Waals surface area contributed by atoms with Crippen molar-refractivity contribution in [2.45, 2.75) is 52.7 Å². The van der Waals surface area contributed by atoms with Crippen LogP contribution in [-0.4, -0.2) is 60.6 Å². The highest BCUT2D eigenvalue weighted by Gasteiger charge is 2.27. The molecule has 148 valence electrons. The SMILES string of the molecule is Cc1ccc(/C=C/C(=O)N2CCC(CN3CC(C)OC(C)C3)CC2)c(C)c1. The van der Waals surface area contributed by atoms with E-state index < -0.39 is 0 Å². The molecule has 2 aliphatic heterocycles. The van der Waals surface area contributed by atoms with E-state index in [4.69, 9.17) is 4.74 Å². The summed E-state index contributed by atoms with van der Waals surface area (Å²) in [4.78, 5) is 17.1. The summed E-state index contributed by atoms with van der Waals surface area (Å²) >= 11 is 0. The first-order valence-corrected chi connectivity index (χ1v) is 10.3. The molecule has 0 bridgehead atoms. The third kappa shape index (κ3) is 5.66. The van der Waals surface area contributed by atoms with Crippen molar-refractivity contribution >= 4 is 12.0 Å². The number of piperidine rings is 1. The van der Waals surface area contributed by atoms with E-state index in [0.29, 0.717) is 18.1 Å². The summed E-state index contributed by atoms with van der Waals surface area (Å²) in [5, 5.41) is 0. The van der Waals surface area contributed by atoms with Gasteiger partial charge in [0.25, 0.3) is 0 Å². The van der Waals surface area contributed by atoms with Gasteiger partial charge in [-0.05, 0) is 63.7 Å². The van der Waals surface area contributed by atoms with E-state index in [1.54, 1.807) is 6.08 Å². The molecule has 2 saturated heterocycles. The summed E-state index contributed by atoms with van der Waals surface area (Å²) in [5.41, 5.74) is 3.59. The van der Waals surface area contributed by atoms with Crippen molar-refractivity contribution in [2.75, 3.05) is 32.7 Å². The van der Waals surface area contributed by atoms with Crippen LogP contribution in [0.1, 0.15) is 43.4 Å². The lowest BCUT2D eigenvalue weighted by Gasteiger charge is -2.39. The predicted octanol–water partition coefficient (Wildman–Crippen LogP) is 3.66. The highest BCUT2D eigenvalue weighted by Crippen LogP contribution is 2.21. The Morgan fingerprint density at radius 2 is 1.81 bits per heavy atom. The smallest absolute Gasteiger partial charge is 0.246 e. The monoisotopic (exact) mass is 370 g/mol. The lowest BCUT2D eigenvalue weighted by molar-refractivity contribution is -0.127. The van der Waals surface area contributed by atoms with Crippen LogP contribution in [0.2, 0.25) is 0 Å². The van der Waals surface area contributed by atoms with Gasteiger partial charge in [0, 0.05) is 38.8 Å². The maximum atomic E-state index is 12.5. The average molecular weight is 371 g/mol. The molecule has 3 rings (SSSR count). The largest absolute Gasteiger partial charge is 0.373 e. The Labute approximate surface area is 164 Å². The molecular weight excluding hydrogens is 336 g/mol. The minimum Gasteiger partial charge on any atom is -0.373 e. The lowest BCUT2D eigenvalue weighted by atomic mass is 9.95. The first kappa shape index (κ1) is 20.1. The zero-order valence-corrected chi connectivity index (χ0v) is 17.3. The van der Waals surface area contributed by atoms with Crippen molar-refractivity contribution in [1.82, 2.24) is 9.80 Å². The van der Waals surface area contributed by atoms with Gasteiger partial charge in [-0.15, -0.1) is 0 Å². The Kier molecular flexibility index (Phi) is 6.72. The maximum Gasteiger partial charge on any atom is 0.246 e. The molecule has 2 fully saturated rings. The van der Waals surface area contributed by atoms with E-state index in [0.717, 1.165) is 51.1 Å². The third-order valence-electron chi connectivity index (χ3n) is 5.77.